The molecule has 2 aliphatic heterocycles. The maximum atomic E-state index is 13.5. The molecule has 0 unspecified atom stereocenters. The second-order valence-electron chi connectivity index (χ2n) is 10.1. The summed E-state index contributed by atoms with van der Waals surface area (Å²) >= 11 is 1.35. The maximum absolute atomic E-state index is 13.5. The number of hydrogen-bond donors (Lipinski definition) is 0. The van der Waals surface area contributed by atoms with E-state index in [1.165, 1.54) is 23.8 Å². The second kappa shape index (κ2) is 11.8. The van der Waals surface area contributed by atoms with Gasteiger partial charge in [-0.05, 0) is 55.4 Å². The van der Waals surface area contributed by atoms with E-state index in [-0.39, 0.29) is 30.9 Å². The van der Waals surface area contributed by atoms with Crippen molar-refractivity contribution >= 4 is 28.3 Å². The molecule has 2 saturated heterocycles. The second-order valence-corrected chi connectivity index (χ2v) is 11.1. The fourth-order valence-electron chi connectivity index (χ4n) is 5.27. The van der Waals surface area contributed by atoms with Crippen LogP contribution in [0.3, 0.4) is 0 Å². The summed E-state index contributed by atoms with van der Waals surface area (Å²) in [5, 5.41) is 0.827. The van der Waals surface area contributed by atoms with Crippen LogP contribution in [0.2, 0.25) is 0 Å². The number of anilines is 1. The summed E-state index contributed by atoms with van der Waals surface area (Å²) in [6, 6.07) is 14.6. The van der Waals surface area contributed by atoms with Crippen LogP contribution >= 0.6 is 11.3 Å². The van der Waals surface area contributed by atoms with Gasteiger partial charge in [0.15, 0.2) is 5.13 Å². The van der Waals surface area contributed by atoms with Crippen molar-refractivity contribution < 1.29 is 22.8 Å². The Morgan fingerprint density at radius 2 is 1.74 bits per heavy atom. The molecule has 10 heteroatoms. The predicted molar refractivity (Wildman–Crippen MR) is 145 cm³/mol. The first-order chi connectivity index (χ1) is 18.8. The minimum Gasteiger partial charge on any atom is -0.348 e. The van der Waals surface area contributed by atoms with Gasteiger partial charge in [0.25, 0.3) is 5.91 Å². The van der Waals surface area contributed by atoms with E-state index in [9.17, 15) is 22.8 Å². The van der Waals surface area contributed by atoms with E-state index in [4.69, 9.17) is 0 Å². The zero-order valence-corrected chi connectivity index (χ0v) is 22.4. The number of benzene rings is 2. The van der Waals surface area contributed by atoms with Gasteiger partial charge >= 0.3 is 6.18 Å². The molecule has 2 fully saturated rings. The van der Waals surface area contributed by atoms with E-state index in [2.05, 4.69) is 9.88 Å². The van der Waals surface area contributed by atoms with Crippen LogP contribution in [0, 0.1) is 0 Å². The molecule has 39 heavy (non-hydrogen) atoms. The number of carbonyl (C=O) groups is 2. The van der Waals surface area contributed by atoms with Gasteiger partial charge in [-0.1, -0.05) is 53.8 Å². The molecule has 0 aliphatic carbocycles. The average Bonchev–Trinajstić information content (AvgIpc) is 3.44. The highest BCUT2D eigenvalue weighted by Gasteiger charge is 2.36. The van der Waals surface area contributed by atoms with Gasteiger partial charge in [0.05, 0.1) is 17.8 Å². The summed E-state index contributed by atoms with van der Waals surface area (Å²) < 4.78 is 39.9. The topological polar surface area (TPSA) is 56.8 Å². The number of hydrogen-bond acceptors (Lipinski definition) is 5. The normalized spacial score (nSPS) is 18.5. The first kappa shape index (κ1) is 27.2. The number of amides is 2. The lowest BCUT2D eigenvalue weighted by atomic mass is 10.00. The van der Waals surface area contributed by atoms with E-state index in [1.807, 2.05) is 30.3 Å². The lowest BCUT2D eigenvalue weighted by molar-refractivity contribution is -0.139. The number of aryl methyl sites for hydroxylation is 1. The van der Waals surface area contributed by atoms with Crippen LogP contribution in [-0.4, -0.2) is 58.8 Å². The Hall–Kier alpha value is -3.40. The first-order valence-corrected chi connectivity index (χ1v) is 14.1. The molecule has 2 aromatic carbocycles. The summed E-state index contributed by atoms with van der Waals surface area (Å²) in [5.41, 5.74) is 0.772. The van der Waals surface area contributed by atoms with E-state index in [0.717, 1.165) is 48.8 Å². The molecule has 6 nitrogen and oxygen atoms in total. The van der Waals surface area contributed by atoms with Crippen molar-refractivity contribution in [3.05, 3.63) is 82.4 Å². The molecule has 1 aromatic heterocycles. The molecule has 206 valence electrons. The zero-order valence-electron chi connectivity index (χ0n) is 21.6. The molecule has 3 heterocycles. The number of rotatable bonds is 7. The summed E-state index contributed by atoms with van der Waals surface area (Å²) in [6.07, 6.45) is 1.81. The average molecular weight is 557 g/mol. The molecule has 2 amide bonds. The minimum absolute atomic E-state index is 0.0594. The highest BCUT2D eigenvalue weighted by Crippen LogP contribution is 2.31. The Bertz CT molecular complexity index is 1290. The predicted octanol–water partition coefficient (Wildman–Crippen LogP) is 5.64. The fourth-order valence-corrected chi connectivity index (χ4v) is 6.20. The quantitative estimate of drug-likeness (QED) is 0.378. The number of halogens is 3. The number of piperazine rings is 1. The molecule has 1 atom stereocenters. The Labute approximate surface area is 230 Å². The van der Waals surface area contributed by atoms with Gasteiger partial charge < -0.3 is 14.7 Å². The van der Waals surface area contributed by atoms with Crippen LogP contribution in [0.15, 0.2) is 60.8 Å². The molecule has 5 rings (SSSR count). The Kier molecular flexibility index (Phi) is 8.20. The standard InChI is InChI=1S/C29H31F3N4O2S/c30-29(31,32)23-11-7-10-22(16-23)18-36-24(13-12-21-8-3-1-4-9-21)19-35(20-26(36)37)27(38)25-17-33-28(39-25)34-14-5-2-6-15-34/h1,3-4,7-11,16-17,24H,2,5-6,12-15,18-20H2/t24-/m0/s1. The van der Waals surface area contributed by atoms with Gasteiger partial charge in [0.1, 0.15) is 11.4 Å². The molecule has 0 bridgehead atoms. The SMILES string of the molecule is O=C(c1cnc(N2CCCCC2)s1)N1CC(=O)N(Cc2cccc(C(F)(F)F)c2)[C@@H](CCc2ccccc2)C1. The maximum Gasteiger partial charge on any atom is 0.416 e. The fraction of sp³-hybridized carbons (Fsp3) is 0.414. The van der Waals surface area contributed by atoms with Crippen LogP contribution in [0.25, 0.3) is 0 Å². The van der Waals surface area contributed by atoms with E-state index < -0.39 is 11.7 Å². The van der Waals surface area contributed by atoms with Crippen molar-refractivity contribution in [1.29, 1.82) is 0 Å². The van der Waals surface area contributed by atoms with Crippen LogP contribution in [0.5, 0.6) is 0 Å². The molecular weight excluding hydrogens is 525 g/mol. The molecule has 2 aliphatic rings. The van der Waals surface area contributed by atoms with Gasteiger partial charge in [-0.15, -0.1) is 0 Å². The van der Waals surface area contributed by atoms with Crippen molar-refractivity contribution in [3.63, 3.8) is 0 Å². The molecule has 0 saturated carbocycles. The number of thiazole rings is 1. The molecular formula is C29H31F3N4O2S. The summed E-state index contributed by atoms with van der Waals surface area (Å²) in [5.74, 6) is -0.501. The summed E-state index contributed by atoms with van der Waals surface area (Å²) in [6.45, 7) is 2.11. The third-order valence-corrected chi connectivity index (χ3v) is 8.40. The van der Waals surface area contributed by atoms with Crippen LogP contribution in [0.1, 0.15) is 52.0 Å². The van der Waals surface area contributed by atoms with E-state index in [1.54, 1.807) is 22.1 Å². The number of carbonyl (C=O) groups excluding carboxylic acids is 2. The van der Waals surface area contributed by atoms with Gasteiger partial charge in [0.2, 0.25) is 5.91 Å². The highest BCUT2D eigenvalue weighted by molar-refractivity contribution is 7.17. The summed E-state index contributed by atoms with van der Waals surface area (Å²) in [7, 11) is 0. The van der Waals surface area contributed by atoms with Crippen molar-refractivity contribution in [1.82, 2.24) is 14.8 Å². The van der Waals surface area contributed by atoms with Crippen LogP contribution in [0.4, 0.5) is 18.3 Å². The molecule has 0 N–H and O–H groups in total. The van der Waals surface area contributed by atoms with Crippen LogP contribution in [-0.2, 0) is 23.9 Å². The Morgan fingerprint density at radius 3 is 2.49 bits per heavy atom. The van der Waals surface area contributed by atoms with Crippen molar-refractivity contribution in [2.24, 2.45) is 0 Å². The largest absolute Gasteiger partial charge is 0.416 e. The van der Waals surface area contributed by atoms with Crippen molar-refractivity contribution in [3.8, 4) is 0 Å². The lowest BCUT2D eigenvalue weighted by Gasteiger charge is -2.41. The summed E-state index contributed by atoms with van der Waals surface area (Å²) in [4.78, 5) is 37.2. The van der Waals surface area contributed by atoms with E-state index >= 15 is 0 Å². The Morgan fingerprint density at radius 1 is 1.00 bits per heavy atom. The molecule has 0 radical (unpaired) electrons. The third kappa shape index (κ3) is 6.61. The highest BCUT2D eigenvalue weighted by atomic mass is 32.1. The number of piperidine rings is 1. The first-order valence-electron chi connectivity index (χ1n) is 13.3. The Balaban J connectivity index is 1.34. The third-order valence-electron chi connectivity index (χ3n) is 7.35. The zero-order chi connectivity index (χ0) is 27.4. The van der Waals surface area contributed by atoms with Gasteiger partial charge in [-0.25, -0.2) is 4.98 Å². The van der Waals surface area contributed by atoms with Gasteiger partial charge in [0, 0.05) is 26.2 Å². The number of aromatic nitrogens is 1. The van der Waals surface area contributed by atoms with E-state index in [0.29, 0.717) is 29.8 Å². The molecule has 0 spiro atoms. The minimum atomic E-state index is -4.46. The van der Waals surface area contributed by atoms with Crippen LogP contribution < -0.4 is 4.90 Å². The van der Waals surface area contributed by atoms with Gasteiger partial charge in [-0.3, -0.25) is 9.59 Å². The monoisotopic (exact) mass is 556 g/mol. The number of nitrogens with zero attached hydrogens (tertiary/aromatic N) is 4. The van der Waals surface area contributed by atoms with Crippen molar-refractivity contribution in [2.75, 3.05) is 31.1 Å². The lowest BCUT2D eigenvalue weighted by Crippen LogP contribution is -2.57. The van der Waals surface area contributed by atoms with Gasteiger partial charge in [-0.2, -0.15) is 13.2 Å². The number of alkyl halides is 3. The smallest absolute Gasteiger partial charge is 0.348 e. The van der Waals surface area contributed by atoms with Crippen molar-refractivity contribution in [2.45, 2.75) is 50.9 Å². The molecule has 3 aromatic rings.